The minimum absolute atomic E-state index is 0.0429. The molecule has 2 aromatic heterocycles. The Labute approximate surface area is 160 Å². The van der Waals surface area contributed by atoms with E-state index in [2.05, 4.69) is 20.6 Å². The Morgan fingerprint density at radius 3 is 2.59 bits per heavy atom. The number of pyridine rings is 1. The highest BCUT2D eigenvalue weighted by Crippen LogP contribution is 2.26. The molecule has 0 bridgehead atoms. The molecule has 0 radical (unpaired) electrons. The molecule has 2 heterocycles. The van der Waals surface area contributed by atoms with Crippen molar-refractivity contribution >= 4 is 23.2 Å². The number of aromatic nitrogens is 2. The molecule has 0 atom stereocenters. The van der Waals surface area contributed by atoms with Gasteiger partial charge in [0.2, 0.25) is 0 Å². The lowest BCUT2D eigenvalue weighted by atomic mass is 10.1. The zero-order valence-corrected chi connectivity index (χ0v) is 15.3. The Morgan fingerprint density at radius 1 is 1.07 bits per heavy atom. The molecule has 0 saturated heterocycles. The molecule has 7 heteroatoms. The highest BCUT2D eigenvalue weighted by atomic mass is 32.1. The minimum atomic E-state index is -0.164. The summed E-state index contributed by atoms with van der Waals surface area (Å²) in [6, 6.07) is 11.4. The van der Waals surface area contributed by atoms with E-state index < -0.39 is 0 Å². The SMILES string of the molecule is O=C(NC1CC1)c1ccc(-c2ncc(C(=O)NCc3cccnc3)s2)cc1. The Kier molecular flexibility index (Phi) is 4.93. The molecule has 1 saturated carbocycles. The maximum atomic E-state index is 12.3. The molecule has 0 unspecified atom stereocenters. The fraction of sp³-hybridized carbons (Fsp3) is 0.200. The van der Waals surface area contributed by atoms with Gasteiger partial charge < -0.3 is 10.6 Å². The van der Waals surface area contributed by atoms with Crippen molar-refractivity contribution in [2.24, 2.45) is 0 Å². The van der Waals surface area contributed by atoms with E-state index in [0.29, 0.717) is 23.0 Å². The van der Waals surface area contributed by atoms with Crippen molar-refractivity contribution in [2.75, 3.05) is 0 Å². The molecule has 6 nitrogen and oxygen atoms in total. The van der Waals surface area contributed by atoms with Crippen LogP contribution in [0.1, 0.15) is 38.4 Å². The largest absolute Gasteiger partial charge is 0.349 e. The fourth-order valence-electron chi connectivity index (χ4n) is 2.55. The predicted molar refractivity (Wildman–Crippen MR) is 103 cm³/mol. The standard InChI is InChI=1S/C20H18N4O2S/c25-18(24-16-7-8-16)14-3-5-15(6-4-14)20-23-12-17(27-20)19(26)22-11-13-2-1-9-21-10-13/h1-6,9-10,12,16H,7-8,11H2,(H,22,26)(H,24,25). The maximum absolute atomic E-state index is 12.3. The summed E-state index contributed by atoms with van der Waals surface area (Å²) in [6.07, 6.45) is 7.12. The van der Waals surface area contributed by atoms with E-state index in [1.165, 1.54) is 11.3 Å². The lowest BCUT2D eigenvalue weighted by Gasteiger charge is -2.04. The third-order valence-electron chi connectivity index (χ3n) is 4.21. The van der Waals surface area contributed by atoms with E-state index in [9.17, 15) is 9.59 Å². The van der Waals surface area contributed by atoms with Crippen LogP contribution in [0.15, 0.2) is 55.0 Å². The average Bonchev–Trinajstić information content (AvgIpc) is 3.38. The quantitative estimate of drug-likeness (QED) is 0.691. The average molecular weight is 378 g/mol. The number of hydrogen-bond donors (Lipinski definition) is 2. The van der Waals surface area contributed by atoms with Gasteiger partial charge in [-0.2, -0.15) is 0 Å². The van der Waals surface area contributed by atoms with Gasteiger partial charge in [0.25, 0.3) is 11.8 Å². The van der Waals surface area contributed by atoms with Crippen LogP contribution in [0, 0.1) is 0 Å². The lowest BCUT2D eigenvalue weighted by Crippen LogP contribution is -2.25. The van der Waals surface area contributed by atoms with Crippen molar-refractivity contribution in [2.45, 2.75) is 25.4 Å². The van der Waals surface area contributed by atoms with Crippen molar-refractivity contribution in [3.63, 3.8) is 0 Å². The zero-order valence-electron chi connectivity index (χ0n) is 14.5. The minimum Gasteiger partial charge on any atom is -0.349 e. The molecule has 1 aromatic carbocycles. The third-order valence-corrected chi connectivity index (χ3v) is 5.26. The number of rotatable bonds is 6. The second-order valence-electron chi connectivity index (χ2n) is 6.40. The van der Waals surface area contributed by atoms with Gasteiger partial charge in [0, 0.05) is 36.1 Å². The van der Waals surface area contributed by atoms with E-state index in [1.807, 2.05) is 24.3 Å². The van der Waals surface area contributed by atoms with Crippen LogP contribution in [0.4, 0.5) is 0 Å². The van der Waals surface area contributed by atoms with Crippen molar-refractivity contribution in [1.82, 2.24) is 20.6 Å². The van der Waals surface area contributed by atoms with Crippen molar-refractivity contribution in [1.29, 1.82) is 0 Å². The van der Waals surface area contributed by atoms with Crippen molar-refractivity contribution < 1.29 is 9.59 Å². The van der Waals surface area contributed by atoms with E-state index >= 15 is 0 Å². The molecule has 2 N–H and O–H groups in total. The van der Waals surface area contributed by atoms with Gasteiger partial charge in [0.1, 0.15) is 9.88 Å². The van der Waals surface area contributed by atoms with E-state index in [0.717, 1.165) is 29.0 Å². The Bertz CT molecular complexity index is 950. The van der Waals surface area contributed by atoms with Gasteiger partial charge in [-0.1, -0.05) is 18.2 Å². The first kappa shape index (κ1) is 17.4. The van der Waals surface area contributed by atoms with Crippen LogP contribution >= 0.6 is 11.3 Å². The number of carbonyl (C=O) groups excluding carboxylic acids is 2. The molecule has 2 amide bonds. The Hall–Kier alpha value is -3.06. The highest BCUT2D eigenvalue weighted by Gasteiger charge is 2.23. The van der Waals surface area contributed by atoms with E-state index in [-0.39, 0.29) is 11.8 Å². The Morgan fingerprint density at radius 2 is 1.89 bits per heavy atom. The molecule has 1 aliphatic carbocycles. The van der Waals surface area contributed by atoms with E-state index in [4.69, 9.17) is 0 Å². The number of nitrogens with one attached hydrogen (secondary N) is 2. The number of amides is 2. The third kappa shape index (κ3) is 4.38. The summed E-state index contributed by atoms with van der Waals surface area (Å²) >= 11 is 1.32. The molecule has 1 fully saturated rings. The maximum Gasteiger partial charge on any atom is 0.263 e. The zero-order chi connectivity index (χ0) is 18.6. The van der Waals surface area contributed by atoms with Gasteiger partial charge in [-0.05, 0) is 36.6 Å². The summed E-state index contributed by atoms with van der Waals surface area (Å²) in [5.41, 5.74) is 2.46. The van der Waals surface area contributed by atoms with Crippen LogP contribution in [0.3, 0.4) is 0 Å². The number of carbonyl (C=O) groups is 2. The summed E-state index contributed by atoms with van der Waals surface area (Å²) in [4.78, 5) is 33.3. The first-order valence-corrected chi connectivity index (χ1v) is 9.55. The smallest absolute Gasteiger partial charge is 0.263 e. The van der Waals surface area contributed by atoms with Crippen LogP contribution in [0.25, 0.3) is 10.6 Å². The highest BCUT2D eigenvalue weighted by molar-refractivity contribution is 7.16. The molecular formula is C20H18N4O2S. The van der Waals surface area contributed by atoms with Crippen LogP contribution in [-0.2, 0) is 6.54 Å². The molecule has 3 aromatic rings. The van der Waals surface area contributed by atoms with Crippen LogP contribution in [0.2, 0.25) is 0 Å². The number of nitrogens with zero attached hydrogens (tertiary/aromatic N) is 2. The monoisotopic (exact) mass is 378 g/mol. The summed E-state index contributed by atoms with van der Waals surface area (Å²) in [6.45, 7) is 0.421. The van der Waals surface area contributed by atoms with Crippen LogP contribution in [-0.4, -0.2) is 27.8 Å². The second kappa shape index (κ2) is 7.67. The van der Waals surface area contributed by atoms with Crippen molar-refractivity contribution in [3.8, 4) is 10.6 Å². The van der Waals surface area contributed by atoms with Gasteiger partial charge in [0.15, 0.2) is 0 Å². The fourth-order valence-corrected chi connectivity index (χ4v) is 3.38. The number of benzene rings is 1. The van der Waals surface area contributed by atoms with Crippen LogP contribution < -0.4 is 10.6 Å². The molecular weight excluding hydrogens is 360 g/mol. The first-order chi connectivity index (χ1) is 13.2. The topological polar surface area (TPSA) is 84.0 Å². The number of hydrogen-bond acceptors (Lipinski definition) is 5. The van der Waals surface area contributed by atoms with Gasteiger partial charge in [-0.15, -0.1) is 11.3 Å². The molecule has 1 aliphatic rings. The summed E-state index contributed by atoms with van der Waals surface area (Å²) in [7, 11) is 0. The Balaban J connectivity index is 1.39. The molecule has 136 valence electrons. The molecule has 27 heavy (non-hydrogen) atoms. The predicted octanol–water partition coefficient (Wildman–Crippen LogP) is 3.03. The first-order valence-electron chi connectivity index (χ1n) is 8.73. The summed E-state index contributed by atoms with van der Waals surface area (Å²) in [5, 5.41) is 6.58. The van der Waals surface area contributed by atoms with E-state index in [1.54, 1.807) is 30.7 Å². The summed E-state index contributed by atoms with van der Waals surface area (Å²) < 4.78 is 0. The van der Waals surface area contributed by atoms with Gasteiger partial charge >= 0.3 is 0 Å². The normalized spacial score (nSPS) is 13.2. The molecule has 0 aliphatic heterocycles. The second-order valence-corrected chi connectivity index (χ2v) is 7.43. The van der Waals surface area contributed by atoms with Gasteiger partial charge in [0.05, 0.1) is 6.20 Å². The lowest BCUT2D eigenvalue weighted by molar-refractivity contribution is 0.0944. The van der Waals surface area contributed by atoms with Gasteiger partial charge in [-0.3, -0.25) is 14.6 Å². The summed E-state index contributed by atoms with van der Waals surface area (Å²) in [5.74, 6) is -0.207. The van der Waals surface area contributed by atoms with Crippen molar-refractivity contribution in [3.05, 3.63) is 71.0 Å². The molecule has 4 rings (SSSR count). The van der Waals surface area contributed by atoms with Gasteiger partial charge in [-0.25, -0.2) is 4.98 Å². The molecule has 0 spiro atoms. The van der Waals surface area contributed by atoms with Crippen LogP contribution in [0.5, 0.6) is 0 Å². The number of thiazole rings is 1.